The Balaban J connectivity index is 2.12. The zero-order valence-corrected chi connectivity index (χ0v) is 16.6. The predicted octanol–water partition coefficient (Wildman–Crippen LogP) is 5.10. The molecule has 0 saturated carbocycles. The Morgan fingerprint density at radius 3 is 2.54 bits per heavy atom. The molecule has 1 N–H and O–H groups in total. The smallest absolute Gasteiger partial charge is 0.341 e. The monoisotopic (exact) mass is 433 g/mol. The molecule has 0 unspecified atom stereocenters. The first kappa shape index (κ1) is 18.4. The van der Waals surface area contributed by atoms with Crippen LogP contribution in [0.3, 0.4) is 0 Å². The molecule has 26 heavy (non-hydrogen) atoms. The lowest BCUT2D eigenvalue weighted by molar-refractivity contribution is 0.0530. The van der Waals surface area contributed by atoms with Gasteiger partial charge in [-0.25, -0.2) is 4.79 Å². The fourth-order valence-corrected chi connectivity index (χ4v) is 4.39. The second kappa shape index (κ2) is 7.88. The molecule has 7 heteroatoms. The molecule has 1 aromatic heterocycles. The third-order valence-electron chi connectivity index (χ3n) is 3.71. The van der Waals surface area contributed by atoms with Gasteiger partial charge in [-0.15, -0.1) is 11.3 Å². The van der Waals surface area contributed by atoms with Gasteiger partial charge in [0.1, 0.15) is 10.6 Å². The highest BCUT2D eigenvalue weighted by atomic mass is 79.9. The van der Waals surface area contributed by atoms with Crippen LogP contribution in [0.2, 0.25) is 0 Å². The highest BCUT2D eigenvalue weighted by Gasteiger charge is 2.24. The van der Waals surface area contributed by atoms with Gasteiger partial charge in [-0.2, -0.15) is 0 Å². The van der Waals surface area contributed by atoms with Crippen LogP contribution in [0.15, 0.2) is 46.9 Å². The van der Waals surface area contributed by atoms with Gasteiger partial charge in [0.05, 0.1) is 22.9 Å². The zero-order chi connectivity index (χ0) is 18.7. The Kier molecular flexibility index (Phi) is 5.58. The first-order valence-corrected chi connectivity index (χ1v) is 9.50. The van der Waals surface area contributed by atoms with Crippen LogP contribution in [0.4, 0.5) is 5.00 Å². The number of methoxy groups -OCH3 is 1. The van der Waals surface area contributed by atoms with Crippen molar-refractivity contribution in [2.75, 3.05) is 19.0 Å². The van der Waals surface area contributed by atoms with E-state index in [0.717, 1.165) is 9.17 Å². The van der Waals surface area contributed by atoms with Crippen LogP contribution in [0, 0.1) is 0 Å². The third kappa shape index (κ3) is 3.45. The maximum atomic E-state index is 12.5. The van der Waals surface area contributed by atoms with Crippen molar-refractivity contribution in [2.45, 2.75) is 6.92 Å². The van der Waals surface area contributed by atoms with Gasteiger partial charge in [0.25, 0.3) is 5.91 Å². The number of hydrogen-bond acceptors (Lipinski definition) is 5. The minimum Gasteiger partial charge on any atom is -0.494 e. The number of carbonyl (C=O) groups excluding carboxylic acids is 2. The van der Waals surface area contributed by atoms with E-state index in [1.54, 1.807) is 44.4 Å². The largest absolute Gasteiger partial charge is 0.494 e. The van der Waals surface area contributed by atoms with Gasteiger partial charge in [0.15, 0.2) is 5.75 Å². The molecule has 3 rings (SSSR count). The van der Waals surface area contributed by atoms with Crippen molar-refractivity contribution in [1.82, 2.24) is 0 Å². The summed E-state index contributed by atoms with van der Waals surface area (Å²) >= 11 is 4.72. The van der Waals surface area contributed by atoms with Crippen LogP contribution in [-0.2, 0) is 4.74 Å². The SMILES string of the molecule is CCOC(=O)c1c(NC(=O)c2ccccc2)sc2c(OC)c(Br)ccc12. The summed E-state index contributed by atoms with van der Waals surface area (Å²) in [6.45, 7) is 1.99. The van der Waals surface area contributed by atoms with Gasteiger partial charge in [0.2, 0.25) is 0 Å². The predicted molar refractivity (Wildman–Crippen MR) is 106 cm³/mol. The number of fused-ring (bicyclic) bond motifs is 1. The summed E-state index contributed by atoms with van der Waals surface area (Å²) in [4.78, 5) is 25.1. The standard InChI is InChI=1S/C19H16BrNO4S/c1-3-25-19(23)14-12-9-10-13(20)15(24-2)16(12)26-18(14)21-17(22)11-7-5-4-6-8-11/h4-10H,3H2,1-2H3,(H,21,22). The van der Waals surface area contributed by atoms with Crippen LogP contribution >= 0.6 is 27.3 Å². The molecule has 0 aliphatic carbocycles. The summed E-state index contributed by atoms with van der Waals surface area (Å²) in [6.07, 6.45) is 0. The van der Waals surface area contributed by atoms with E-state index in [-0.39, 0.29) is 12.5 Å². The van der Waals surface area contributed by atoms with E-state index >= 15 is 0 Å². The van der Waals surface area contributed by atoms with Gasteiger partial charge in [-0.05, 0) is 41.1 Å². The van der Waals surface area contributed by atoms with Crippen LogP contribution in [0.5, 0.6) is 5.75 Å². The summed E-state index contributed by atoms with van der Waals surface area (Å²) in [7, 11) is 1.56. The number of hydrogen-bond donors (Lipinski definition) is 1. The minimum absolute atomic E-state index is 0.246. The van der Waals surface area contributed by atoms with E-state index < -0.39 is 5.97 Å². The molecule has 0 bridgehead atoms. The van der Waals surface area contributed by atoms with Gasteiger partial charge in [-0.1, -0.05) is 24.3 Å². The topological polar surface area (TPSA) is 64.6 Å². The van der Waals surface area contributed by atoms with Gasteiger partial charge in [-0.3, -0.25) is 4.79 Å². The van der Waals surface area contributed by atoms with Crippen molar-refractivity contribution in [3.63, 3.8) is 0 Å². The average Bonchev–Trinajstić information content (AvgIpc) is 3.00. The van der Waals surface area contributed by atoms with E-state index in [2.05, 4.69) is 21.2 Å². The maximum Gasteiger partial charge on any atom is 0.341 e. The highest BCUT2D eigenvalue weighted by molar-refractivity contribution is 9.10. The van der Waals surface area contributed by atoms with Crippen molar-refractivity contribution in [3.8, 4) is 5.75 Å². The van der Waals surface area contributed by atoms with Gasteiger partial charge < -0.3 is 14.8 Å². The number of thiophene rings is 1. The number of esters is 1. The number of rotatable bonds is 5. The summed E-state index contributed by atoms with van der Waals surface area (Å²) in [5.74, 6) is -0.162. The van der Waals surface area contributed by atoms with E-state index in [1.165, 1.54) is 11.3 Å². The molecule has 3 aromatic rings. The fraction of sp³-hybridized carbons (Fsp3) is 0.158. The number of ether oxygens (including phenoxy) is 2. The molecule has 0 atom stereocenters. The lowest BCUT2D eigenvalue weighted by Gasteiger charge is -2.07. The molecule has 2 aromatic carbocycles. The fourth-order valence-electron chi connectivity index (χ4n) is 2.56. The van der Waals surface area contributed by atoms with Crippen LogP contribution in [0.25, 0.3) is 10.1 Å². The molecule has 0 fully saturated rings. The Labute approximate surface area is 163 Å². The maximum absolute atomic E-state index is 12.5. The molecule has 1 heterocycles. The second-order valence-electron chi connectivity index (χ2n) is 5.30. The van der Waals surface area contributed by atoms with Crippen molar-refractivity contribution < 1.29 is 19.1 Å². The molecule has 1 amide bonds. The molecule has 0 spiro atoms. The molecule has 0 aliphatic rings. The number of anilines is 1. The van der Waals surface area contributed by atoms with Crippen LogP contribution in [0.1, 0.15) is 27.6 Å². The number of amides is 1. The number of carbonyl (C=O) groups is 2. The second-order valence-corrected chi connectivity index (χ2v) is 7.18. The lowest BCUT2D eigenvalue weighted by atomic mass is 10.1. The minimum atomic E-state index is -0.480. The molecule has 0 saturated heterocycles. The Hall–Kier alpha value is -2.38. The Morgan fingerprint density at radius 1 is 1.15 bits per heavy atom. The van der Waals surface area contributed by atoms with Gasteiger partial charge >= 0.3 is 5.97 Å². The van der Waals surface area contributed by atoms with Crippen molar-refractivity contribution in [3.05, 3.63) is 58.1 Å². The summed E-state index contributed by atoms with van der Waals surface area (Å²) in [6, 6.07) is 12.4. The molecule has 5 nitrogen and oxygen atoms in total. The van der Waals surface area contributed by atoms with E-state index in [9.17, 15) is 9.59 Å². The number of benzene rings is 2. The first-order chi connectivity index (χ1) is 12.6. The number of nitrogens with one attached hydrogen (secondary N) is 1. The Morgan fingerprint density at radius 2 is 1.88 bits per heavy atom. The van der Waals surface area contributed by atoms with Gasteiger partial charge in [0, 0.05) is 10.9 Å². The quantitative estimate of drug-likeness (QED) is 0.568. The van der Waals surface area contributed by atoms with E-state index in [0.29, 0.717) is 27.3 Å². The van der Waals surface area contributed by atoms with Crippen molar-refractivity contribution in [1.29, 1.82) is 0 Å². The van der Waals surface area contributed by atoms with E-state index in [1.807, 2.05) is 12.1 Å². The third-order valence-corrected chi connectivity index (χ3v) is 5.46. The summed E-state index contributed by atoms with van der Waals surface area (Å²) < 4.78 is 12.2. The summed E-state index contributed by atoms with van der Waals surface area (Å²) in [5.41, 5.74) is 0.842. The van der Waals surface area contributed by atoms with Crippen LogP contribution < -0.4 is 10.1 Å². The summed E-state index contributed by atoms with van der Waals surface area (Å²) in [5, 5.41) is 3.95. The lowest BCUT2D eigenvalue weighted by Crippen LogP contribution is -2.14. The zero-order valence-electron chi connectivity index (χ0n) is 14.2. The molecule has 0 aliphatic heterocycles. The molecule has 0 radical (unpaired) electrons. The molecule has 134 valence electrons. The van der Waals surface area contributed by atoms with Crippen LogP contribution in [-0.4, -0.2) is 25.6 Å². The van der Waals surface area contributed by atoms with Crippen molar-refractivity contribution >= 4 is 54.2 Å². The first-order valence-electron chi connectivity index (χ1n) is 7.89. The normalized spacial score (nSPS) is 10.6. The molecular weight excluding hydrogens is 418 g/mol. The van der Waals surface area contributed by atoms with Crippen molar-refractivity contribution in [2.24, 2.45) is 0 Å². The molecular formula is C19H16BrNO4S. The number of halogens is 1. The van der Waals surface area contributed by atoms with E-state index in [4.69, 9.17) is 9.47 Å². The average molecular weight is 434 g/mol. The Bertz CT molecular complexity index is 969. The highest BCUT2D eigenvalue weighted by Crippen LogP contribution is 2.44.